The van der Waals surface area contributed by atoms with E-state index in [0.29, 0.717) is 11.0 Å². The van der Waals surface area contributed by atoms with Gasteiger partial charge in [-0.15, -0.1) is 0 Å². The fourth-order valence-corrected chi connectivity index (χ4v) is 3.14. The molecule has 1 aliphatic heterocycles. The van der Waals surface area contributed by atoms with Crippen molar-refractivity contribution in [1.29, 1.82) is 0 Å². The summed E-state index contributed by atoms with van der Waals surface area (Å²) in [5, 5.41) is 3.54. The minimum atomic E-state index is 0.584. The normalized spacial score (nSPS) is 47.7. The molecular weight excluding hydrogens is 134 g/mol. The van der Waals surface area contributed by atoms with Gasteiger partial charge in [0.25, 0.3) is 0 Å². The van der Waals surface area contributed by atoms with Gasteiger partial charge < -0.3 is 5.32 Å². The lowest BCUT2D eigenvalue weighted by molar-refractivity contribution is 0.155. The average Bonchev–Trinajstić information content (AvgIpc) is 2.41. The van der Waals surface area contributed by atoms with Crippen molar-refractivity contribution in [1.82, 2.24) is 5.32 Å². The number of hydrogen-bond acceptors (Lipinski definition) is 1. The topological polar surface area (TPSA) is 21.9 Å². The number of rotatable bonds is 0. The first kappa shape index (κ1) is 7.60. The van der Waals surface area contributed by atoms with E-state index >= 15 is 0 Å². The third kappa shape index (κ3) is 1.44. The molecule has 0 radical (unpaired) electrons. The molecule has 11 heavy (non-hydrogen) atoms. The lowest BCUT2D eigenvalue weighted by atomic mass is 9.67. The summed E-state index contributed by atoms with van der Waals surface area (Å²) in [6.45, 7) is 8.48. The molecule has 2 rings (SSSR count). The van der Waals surface area contributed by atoms with Crippen LogP contribution < -0.4 is 5.32 Å². The smallest absolute Gasteiger partial charge is 0.0314 e. The van der Waals surface area contributed by atoms with Crippen molar-refractivity contribution in [2.24, 2.45) is 11.3 Å². The molecule has 1 nitrogen and oxygen atoms in total. The Hall–Kier alpha value is -0.0400. The minimum absolute atomic E-state index is 0.584. The van der Waals surface area contributed by atoms with Gasteiger partial charge in [-0.25, -0.2) is 0 Å². The molecule has 0 amide bonds. The van der Waals surface area contributed by atoms with Crippen molar-refractivity contribution in [2.45, 2.75) is 45.6 Å². The summed E-state index contributed by atoms with van der Waals surface area (Å²) in [6, 6.07) is 0. The summed E-state index contributed by atoms with van der Waals surface area (Å²) in [7, 11) is 0. The third-order valence-corrected chi connectivity index (χ3v) is 3.13. The van der Waals surface area contributed by atoms with Crippen molar-refractivity contribution < 1.29 is 0 Å². The van der Waals surface area contributed by atoms with Crippen LogP contribution in [0, 0.1) is 11.3 Å². The standard InChI is InChI=1S/C10H19N/c1-8-4-9(2,3)6-10(5-8)7-11-10/h8,11H,4-7H2,1-3H3. The van der Waals surface area contributed by atoms with Gasteiger partial charge in [0.05, 0.1) is 0 Å². The fourth-order valence-electron chi connectivity index (χ4n) is 3.14. The molecule has 1 aliphatic carbocycles. The van der Waals surface area contributed by atoms with Crippen molar-refractivity contribution in [3.8, 4) is 0 Å². The van der Waals surface area contributed by atoms with Crippen molar-refractivity contribution in [3.63, 3.8) is 0 Å². The molecule has 0 bridgehead atoms. The van der Waals surface area contributed by atoms with Crippen LogP contribution in [0.3, 0.4) is 0 Å². The van der Waals surface area contributed by atoms with Gasteiger partial charge in [-0.2, -0.15) is 0 Å². The van der Waals surface area contributed by atoms with Gasteiger partial charge in [-0.1, -0.05) is 20.8 Å². The minimum Gasteiger partial charge on any atom is -0.308 e. The predicted molar refractivity (Wildman–Crippen MR) is 47.5 cm³/mol. The maximum absolute atomic E-state index is 3.54. The van der Waals surface area contributed by atoms with Crippen LogP contribution in [0.25, 0.3) is 0 Å². The summed E-state index contributed by atoms with van der Waals surface area (Å²) in [5.74, 6) is 0.925. The highest BCUT2D eigenvalue weighted by molar-refractivity contribution is 5.09. The highest BCUT2D eigenvalue weighted by Crippen LogP contribution is 2.47. The molecule has 1 saturated carbocycles. The van der Waals surface area contributed by atoms with E-state index in [2.05, 4.69) is 26.1 Å². The molecule has 1 saturated heterocycles. The van der Waals surface area contributed by atoms with E-state index in [-0.39, 0.29) is 0 Å². The van der Waals surface area contributed by atoms with Crippen LogP contribution >= 0.6 is 0 Å². The second kappa shape index (κ2) is 2.01. The molecule has 64 valence electrons. The van der Waals surface area contributed by atoms with Gasteiger partial charge in [-0.3, -0.25) is 0 Å². The van der Waals surface area contributed by atoms with Gasteiger partial charge in [0.2, 0.25) is 0 Å². The zero-order chi connectivity index (χ0) is 8.11. The quantitative estimate of drug-likeness (QED) is 0.529. The van der Waals surface area contributed by atoms with Crippen molar-refractivity contribution >= 4 is 0 Å². The Balaban J connectivity index is 2.09. The highest BCUT2D eigenvalue weighted by atomic mass is 15.2. The monoisotopic (exact) mass is 153 g/mol. The van der Waals surface area contributed by atoms with Crippen LogP contribution in [-0.4, -0.2) is 12.1 Å². The van der Waals surface area contributed by atoms with Crippen LogP contribution in [0.1, 0.15) is 40.0 Å². The van der Waals surface area contributed by atoms with E-state index in [1.165, 1.54) is 25.8 Å². The molecule has 1 N–H and O–H groups in total. The molecule has 1 heterocycles. The zero-order valence-corrected chi connectivity index (χ0v) is 7.91. The van der Waals surface area contributed by atoms with E-state index < -0.39 is 0 Å². The molecule has 2 atom stereocenters. The molecule has 2 unspecified atom stereocenters. The van der Waals surface area contributed by atoms with Gasteiger partial charge in [0.1, 0.15) is 0 Å². The molecule has 0 aromatic rings. The summed E-state index contributed by atoms with van der Waals surface area (Å²) < 4.78 is 0. The van der Waals surface area contributed by atoms with E-state index in [1.54, 1.807) is 0 Å². The molecule has 2 aliphatic rings. The maximum atomic E-state index is 3.54. The largest absolute Gasteiger partial charge is 0.308 e. The number of hydrogen-bond donors (Lipinski definition) is 1. The SMILES string of the molecule is CC1CC(C)(C)CC2(CN2)C1. The first-order valence-electron chi connectivity index (χ1n) is 4.77. The molecular formula is C10H19N. The molecule has 1 heteroatoms. The van der Waals surface area contributed by atoms with Gasteiger partial charge in [-0.05, 0) is 30.6 Å². The Kier molecular flexibility index (Phi) is 1.39. The summed E-state index contributed by atoms with van der Waals surface area (Å²) in [6.07, 6.45) is 4.22. The van der Waals surface area contributed by atoms with E-state index in [4.69, 9.17) is 0 Å². The lowest BCUT2D eigenvalue weighted by Crippen LogP contribution is -2.35. The molecule has 0 aromatic heterocycles. The average molecular weight is 153 g/mol. The Morgan fingerprint density at radius 3 is 2.36 bits per heavy atom. The Labute approximate surface area is 69.6 Å². The van der Waals surface area contributed by atoms with Gasteiger partial charge in [0.15, 0.2) is 0 Å². The first-order valence-corrected chi connectivity index (χ1v) is 4.77. The summed E-state index contributed by atoms with van der Waals surface area (Å²) >= 11 is 0. The predicted octanol–water partition coefficient (Wildman–Crippen LogP) is 2.17. The van der Waals surface area contributed by atoms with E-state index in [1.807, 2.05) is 0 Å². The second-order valence-corrected chi connectivity index (χ2v) is 5.49. The Bertz CT molecular complexity index is 162. The Morgan fingerprint density at radius 2 is 1.91 bits per heavy atom. The summed E-state index contributed by atoms with van der Waals surface area (Å²) in [4.78, 5) is 0. The van der Waals surface area contributed by atoms with E-state index in [0.717, 1.165) is 5.92 Å². The highest BCUT2D eigenvalue weighted by Gasteiger charge is 2.49. The van der Waals surface area contributed by atoms with Crippen LogP contribution in [0.5, 0.6) is 0 Å². The molecule has 2 fully saturated rings. The molecule has 0 aromatic carbocycles. The number of nitrogens with one attached hydrogen (secondary N) is 1. The van der Waals surface area contributed by atoms with Crippen molar-refractivity contribution in [3.05, 3.63) is 0 Å². The first-order chi connectivity index (χ1) is 5.02. The van der Waals surface area contributed by atoms with E-state index in [9.17, 15) is 0 Å². The molecule has 1 spiro atoms. The maximum Gasteiger partial charge on any atom is 0.0314 e. The van der Waals surface area contributed by atoms with Crippen LogP contribution in [0.4, 0.5) is 0 Å². The van der Waals surface area contributed by atoms with Gasteiger partial charge >= 0.3 is 0 Å². The van der Waals surface area contributed by atoms with Crippen LogP contribution in [0.15, 0.2) is 0 Å². The second-order valence-electron chi connectivity index (χ2n) is 5.49. The fraction of sp³-hybridized carbons (Fsp3) is 1.00. The lowest BCUT2D eigenvalue weighted by Gasteiger charge is -2.38. The van der Waals surface area contributed by atoms with Crippen LogP contribution in [0.2, 0.25) is 0 Å². The third-order valence-electron chi connectivity index (χ3n) is 3.13. The van der Waals surface area contributed by atoms with Gasteiger partial charge in [0, 0.05) is 12.1 Å². The summed E-state index contributed by atoms with van der Waals surface area (Å²) in [5.41, 5.74) is 1.17. The zero-order valence-electron chi connectivity index (χ0n) is 7.91. The van der Waals surface area contributed by atoms with Crippen molar-refractivity contribution in [2.75, 3.05) is 6.54 Å². The van der Waals surface area contributed by atoms with Crippen LogP contribution in [-0.2, 0) is 0 Å². The Morgan fingerprint density at radius 1 is 1.27 bits per heavy atom.